The van der Waals surface area contributed by atoms with Gasteiger partial charge in [0, 0.05) is 0 Å². The van der Waals surface area contributed by atoms with E-state index in [9.17, 15) is 5.11 Å². The van der Waals surface area contributed by atoms with E-state index < -0.39 is 11.7 Å². The van der Waals surface area contributed by atoms with Crippen LogP contribution in [-0.4, -0.2) is 16.8 Å². The molecule has 0 aliphatic carbocycles. The molecule has 0 amide bonds. The number of para-hydroxylation sites is 1. The number of aliphatic hydroxyl groups excluding tert-OH is 1. The Morgan fingerprint density at radius 2 is 1.93 bits per heavy atom. The summed E-state index contributed by atoms with van der Waals surface area (Å²) in [5, 5.41) is 9.49. The van der Waals surface area contributed by atoms with Crippen molar-refractivity contribution in [3.8, 4) is 18.1 Å². The zero-order valence-corrected chi connectivity index (χ0v) is 8.40. The first-order valence-corrected chi connectivity index (χ1v) is 4.44. The van der Waals surface area contributed by atoms with Gasteiger partial charge in [-0.25, -0.2) is 0 Å². The molecule has 1 aromatic rings. The van der Waals surface area contributed by atoms with Gasteiger partial charge in [0.15, 0.2) is 6.10 Å². The zero-order chi connectivity index (χ0) is 10.6. The number of hydrogen-bond acceptors (Lipinski definition) is 2. The minimum Gasteiger partial charge on any atom is -0.484 e. The van der Waals surface area contributed by atoms with Crippen molar-refractivity contribution in [3.63, 3.8) is 0 Å². The van der Waals surface area contributed by atoms with Crippen LogP contribution in [0, 0.1) is 12.3 Å². The molecule has 1 N–H and O–H groups in total. The molecule has 0 saturated carbocycles. The maximum absolute atomic E-state index is 9.49. The van der Waals surface area contributed by atoms with E-state index in [4.69, 9.17) is 11.2 Å². The standard InChI is InChI=1S/C12H14O2/c1-4-11(13)12(2,3)14-10-8-6-5-7-9-10/h1,5-9,11,13H,2-3H3/t11-/m0/s1. The summed E-state index contributed by atoms with van der Waals surface area (Å²) < 4.78 is 5.56. The minimum absolute atomic E-state index is 0.701. The van der Waals surface area contributed by atoms with Gasteiger partial charge >= 0.3 is 0 Å². The quantitative estimate of drug-likeness (QED) is 0.737. The van der Waals surface area contributed by atoms with Gasteiger partial charge < -0.3 is 9.84 Å². The van der Waals surface area contributed by atoms with Crippen LogP contribution in [0.5, 0.6) is 5.75 Å². The maximum atomic E-state index is 9.49. The number of ether oxygens (including phenoxy) is 1. The molecular weight excluding hydrogens is 176 g/mol. The van der Waals surface area contributed by atoms with Crippen molar-refractivity contribution >= 4 is 0 Å². The average molecular weight is 190 g/mol. The number of rotatable bonds is 3. The fourth-order valence-corrected chi connectivity index (χ4v) is 1.05. The fraction of sp³-hybridized carbons (Fsp3) is 0.333. The van der Waals surface area contributed by atoms with Crippen molar-refractivity contribution in [3.05, 3.63) is 30.3 Å². The largest absolute Gasteiger partial charge is 0.484 e. The van der Waals surface area contributed by atoms with Gasteiger partial charge in [-0.3, -0.25) is 0 Å². The van der Waals surface area contributed by atoms with E-state index in [0.29, 0.717) is 5.75 Å². The predicted molar refractivity (Wildman–Crippen MR) is 56.0 cm³/mol. The molecule has 2 nitrogen and oxygen atoms in total. The van der Waals surface area contributed by atoms with Gasteiger partial charge in [-0.2, -0.15) is 0 Å². The van der Waals surface area contributed by atoms with Crippen molar-refractivity contribution in [1.29, 1.82) is 0 Å². The normalized spacial score (nSPS) is 13.0. The van der Waals surface area contributed by atoms with Crippen LogP contribution < -0.4 is 4.74 Å². The molecule has 0 aliphatic heterocycles. The van der Waals surface area contributed by atoms with Crippen molar-refractivity contribution < 1.29 is 9.84 Å². The first kappa shape index (κ1) is 10.6. The molecule has 0 bridgehead atoms. The third kappa shape index (κ3) is 2.51. The van der Waals surface area contributed by atoms with Gasteiger partial charge in [-0.1, -0.05) is 24.1 Å². The van der Waals surface area contributed by atoms with E-state index in [1.165, 1.54) is 0 Å². The molecule has 0 aromatic heterocycles. The lowest BCUT2D eigenvalue weighted by molar-refractivity contribution is 0.00349. The summed E-state index contributed by atoms with van der Waals surface area (Å²) in [6.07, 6.45) is 4.22. The topological polar surface area (TPSA) is 29.5 Å². The third-order valence-electron chi connectivity index (χ3n) is 1.94. The second-order valence-electron chi connectivity index (χ2n) is 3.59. The Morgan fingerprint density at radius 1 is 1.36 bits per heavy atom. The van der Waals surface area contributed by atoms with Crippen LogP contribution in [0.15, 0.2) is 30.3 Å². The van der Waals surface area contributed by atoms with Gasteiger partial charge in [0.25, 0.3) is 0 Å². The Morgan fingerprint density at radius 3 is 2.43 bits per heavy atom. The van der Waals surface area contributed by atoms with Gasteiger partial charge in [0.05, 0.1) is 0 Å². The lowest BCUT2D eigenvalue weighted by Gasteiger charge is -2.28. The Labute approximate surface area is 84.5 Å². The van der Waals surface area contributed by atoms with Crippen molar-refractivity contribution in [1.82, 2.24) is 0 Å². The first-order valence-electron chi connectivity index (χ1n) is 4.44. The Bertz CT molecular complexity index is 322. The summed E-state index contributed by atoms with van der Waals surface area (Å²) in [4.78, 5) is 0. The second-order valence-corrected chi connectivity index (χ2v) is 3.59. The van der Waals surface area contributed by atoms with E-state index in [2.05, 4.69) is 5.92 Å². The molecule has 0 fully saturated rings. The molecule has 0 spiro atoms. The van der Waals surface area contributed by atoms with Crippen molar-refractivity contribution in [2.24, 2.45) is 0 Å². The summed E-state index contributed by atoms with van der Waals surface area (Å²) in [5.41, 5.74) is -0.768. The smallest absolute Gasteiger partial charge is 0.153 e. The monoisotopic (exact) mass is 190 g/mol. The number of benzene rings is 1. The van der Waals surface area contributed by atoms with E-state index in [1.807, 2.05) is 30.3 Å². The Hall–Kier alpha value is -1.46. The lowest BCUT2D eigenvalue weighted by Crippen LogP contribution is -2.40. The molecule has 2 heteroatoms. The number of terminal acetylenes is 1. The van der Waals surface area contributed by atoms with E-state index >= 15 is 0 Å². The summed E-state index contributed by atoms with van der Waals surface area (Å²) in [7, 11) is 0. The molecular formula is C12H14O2. The third-order valence-corrected chi connectivity index (χ3v) is 1.94. The molecule has 0 saturated heterocycles. The highest BCUT2D eigenvalue weighted by molar-refractivity contribution is 5.22. The van der Waals surface area contributed by atoms with Crippen LogP contribution in [0.25, 0.3) is 0 Å². The van der Waals surface area contributed by atoms with Crippen LogP contribution in [0.1, 0.15) is 13.8 Å². The Balaban J connectivity index is 2.74. The fourth-order valence-electron chi connectivity index (χ4n) is 1.05. The van der Waals surface area contributed by atoms with E-state index in [-0.39, 0.29) is 0 Å². The Kier molecular flexibility index (Phi) is 3.16. The lowest BCUT2D eigenvalue weighted by atomic mass is 10.0. The molecule has 14 heavy (non-hydrogen) atoms. The summed E-state index contributed by atoms with van der Waals surface area (Å²) in [6.45, 7) is 3.51. The van der Waals surface area contributed by atoms with Crippen LogP contribution in [-0.2, 0) is 0 Å². The number of hydrogen-bond donors (Lipinski definition) is 1. The molecule has 1 aromatic carbocycles. The molecule has 1 rings (SSSR count). The van der Waals surface area contributed by atoms with E-state index in [0.717, 1.165) is 0 Å². The second kappa shape index (κ2) is 4.17. The van der Waals surface area contributed by atoms with Gasteiger partial charge in [0.2, 0.25) is 0 Å². The van der Waals surface area contributed by atoms with Gasteiger partial charge in [-0.05, 0) is 26.0 Å². The molecule has 1 atom stereocenters. The van der Waals surface area contributed by atoms with Crippen molar-refractivity contribution in [2.75, 3.05) is 0 Å². The SMILES string of the molecule is C#C[C@H](O)C(C)(C)Oc1ccccc1. The minimum atomic E-state index is -0.914. The highest BCUT2D eigenvalue weighted by atomic mass is 16.5. The highest BCUT2D eigenvalue weighted by Crippen LogP contribution is 2.20. The summed E-state index contributed by atoms with van der Waals surface area (Å²) in [6, 6.07) is 9.29. The molecule has 0 unspecified atom stereocenters. The molecule has 0 aliphatic rings. The summed E-state index contributed by atoms with van der Waals surface area (Å²) in [5.74, 6) is 2.96. The average Bonchev–Trinajstić information content (AvgIpc) is 2.17. The molecule has 0 radical (unpaired) electrons. The highest BCUT2D eigenvalue weighted by Gasteiger charge is 2.28. The summed E-state index contributed by atoms with van der Waals surface area (Å²) >= 11 is 0. The molecule has 74 valence electrons. The van der Waals surface area contributed by atoms with E-state index in [1.54, 1.807) is 13.8 Å². The van der Waals surface area contributed by atoms with Crippen LogP contribution >= 0.6 is 0 Å². The van der Waals surface area contributed by atoms with Gasteiger partial charge in [0.1, 0.15) is 11.4 Å². The van der Waals surface area contributed by atoms with Crippen LogP contribution in [0.2, 0.25) is 0 Å². The zero-order valence-electron chi connectivity index (χ0n) is 8.40. The van der Waals surface area contributed by atoms with Crippen LogP contribution in [0.3, 0.4) is 0 Å². The predicted octanol–water partition coefficient (Wildman–Crippen LogP) is 1.84. The first-order chi connectivity index (χ1) is 6.56. The van der Waals surface area contributed by atoms with Crippen molar-refractivity contribution in [2.45, 2.75) is 25.6 Å². The maximum Gasteiger partial charge on any atom is 0.153 e. The van der Waals surface area contributed by atoms with Crippen LogP contribution in [0.4, 0.5) is 0 Å². The molecule has 0 heterocycles. The number of aliphatic hydroxyl groups is 1. The van der Waals surface area contributed by atoms with Gasteiger partial charge in [-0.15, -0.1) is 6.42 Å².